The van der Waals surface area contributed by atoms with Crippen molar-refractivity contribution in [2.45, 2.75) is 19.0 Å². The molecule has 1 fully saturated rings. The number of nitrogens with one attached hydrogen (secondary N) is 1. The fraction of sp³-hybridized carbons (Fsp3) is 0.154. The molecule has 7 heteroatoms. The zero-order chi connectivity index (χ0) is 22.4. The minimum absolute atomic E-state index is 0.123. The Bertz CT molecular complexity index is 1320. The van der Waals surface area contributed by atoms with Crippen molar-refractivity contribution in [1.29, 1.82) is 0 Å². The molecule has 2 atom stereocenters. The maximum atomic E-state index is 5.88. The van der Waals surface area contributed by atoms with Crippen LogP contribution in [0.5, 0.6) is 11.5 Å². The average Bonchev–Trinajstić information content (AvgIpc) is 3.56. The molecule has 0 bridgehead atoms. The number of aryl methyl sites for hydroxylation is 1. The molecule has 0 amide bonds. The van der Waals surface area contributed by atoms with Crippen LogP contribution in [0.15, 0.2) is 85.1 Å². The SMILES string of the molecule is Cc1ccc([C@@H]2[C@H](c3ccccn3)NC(=S)N2c2ccc3c(c2)OCO3)n1-c1ccccc1. The summed E-state index contributed by atoms with van der Waals surface area (Å²) in [6.45, 7) is 2.36. The summed E-state index contributed by atoms with van der Waals surface area (Å²) in [5, 5.41) is 4.18. The first-order chi connectivity index (χ1) is 16.2. The lowest BCUT2D eigenvalue weighted by Gasteiger charge is -2.29. The van der Waals surface area contributed by atoms with Crippen molar-refractivity contribution < 1.29 is 9.47 Å². The molecule has 2 aliphatic heterocycles. The molecule has 0 unspecified atom stereocenters. The van der Waals surface area contributed by atoms with Gasteiger partial charge in [-0.3, -0.25) is 4.98 Å². The van der Waals surface area contributed by atoms with Gasteiger partial charge in [0.05, 0.1) is 11.7 Å². The summed E-state index contributed by atoms with van der Waals surface area (Å²) in [6.07, 6.45) is 1.82. The Balaban J connectivity index is 1.53. The van der Waals surface area contributed by atoms with Gasteiger partial charge in [-0.25, -0.2) is 0 Å². The minimum atomic E-state index is -0.124. The standard InChI is InChI=1S/C26H22N4O2S/c1-17-10-12-21(29(17)18-7-3-2-4-8-18)25-24(20-9-5-6-14-27-20)28-26(33)30(25)19-11-13-22-23(15-19)32-16-31-22/h2-15,24-25H,16H2,1H3,(H,28,33)/t24-,25+/m0/s1. The first kappa shape index (κ1) is 19.8. The van der Waals surface area contributed by atoms with Crippen molar-refractivity contribution in [2.75, 3.05) is 11.7 Å². The fourth-order valence-electron chi connectivity index (χ4n) is 4.69. The van der Waals surface area contributed by atoms with Crippen LogP contribution in [-0.4, -0.2) is 21.5 Å². The van der Waals surface area contributed by atoms with E-state index >= 15 is 0 Å². The van der Waals surface area contributed by atoms with Gasteiger partial charge in [-0.1, -0.05) is 24.3 Å². The van der Waals surface area contributed by atoms with Crippen molar-refractivity contribution in [3.63, 3.8) is 0 Å². The number of ether oxygens (including phenoxy) is 2. The summed E-state index contributed by atoms with van der Waals surface area (Å²) in [5.41, 5.74) is 5.27. The second-order valence-electron chi connectivity index (χ2n) is 8.10. The van der Waals surface area contributed by atoms with Crippen LogP contribution in [0.3, 0.4) is 0 Å². The van der Waals surface area contributed by atoms with Crippen molar-refractivity contribution >= 4 is 23.0 Å². The highest BCUT2D eigenvalue weighted by atomic mass is 32.1. The molecular weight excluding hydrogens is 432 g/mol. The van der Waals surface area contributed by atoms with E-state index in [1.54, 1.807) is 0 Å². The summed E-state index contributed by atoms with van der Waals surface area (Å²) >= 11 is 5.88. The van der Waals surface area contributed by atoms with E-state index < -0.39 is 0 Å². The van der Waals surface area contributed by atoms with Crippen molar-refractivity contribution in [3.05, 3.63) is 102 Å². The maximum absolute atomic E-state index is 5.88. The Morgan fingerprint density at radius 3 is 2.55 bits per heavy atom. The normalized spacial score (nSPS) is 19.1. The zero-order valence-electron chi connectivity index (χ0n) is 18.0. The topological polar surface area (TPSA) is 51.6 Å². The van der Waals surface area contributed by atoms with Crippen LogP contribution in [0.1, 0.15) is 29.2 Å². The Hall–Kier alpha value is -3.84. The van der Waals surface area contributed by atoms with Gasteiger partial charge in [-0.15, -0.1) is 0 Å². The molecule has 6 nitrogen and oxygen atoms in total. The number of anilines is 1. The second kappa shape index (κ2) is 7.94. The van der Waals surface area contributed by atoms with Gasteiger partial charge in [0.1, 0.15) is 6.04 Å². The number of hydrogen-bond acceptors (Lipinski definition) is 4. The number of nitrogens with zero attached hydrogens (tertiary/aromatic N) is 3. The molecule has 1 saturated heterocycles. The molecular formula is C26H22N4O2S. The van der Waals surface area contributed by atoms with Crippen molar-refractivity contribution in [1.82, 2.24) is 14.9 Å². The molecule has 4 heterocycles. The third-order valence-electron chi connectivity index (χ3n) is 6.16. The van der Waals surface area contributed by atoms with Crippen LogP contribution in [0, 0.1) is 6.92 Å². The van der Waals surface area contributed by atoms with E-state index in [0.29, 0.717) is 5.11 Å². The molecule has 2 aliphatic rings. The summed E-state index contributed by atoms with van der Waals surface area (Å²) in [7, 11) is 0. The van der Waals surface area contributed by atoms with E-state index in [9.17, 15) is 0 Å². The number of para-hydroxylation sites is 1. The van der Waals surface area contributed by atoms with E-state index in [-0.39, 0.29) is 18.9 Å². The summed E-state index contributed by atoms with van der Waals surface area (Å²) < 4.78 is 13.5. The maximum Gasteiger partial charge on any atom is 0.231 e. The Morgan fingerprint density at radius 1 is 0.909 bits per heavy atom. The van der Waals surface area contributed by atoms with Crippen LogP contribution in [-0.2, 0) is 0 Å². The molecule has 2 aromatic heterocycles. The summed E-state index contributed by atoms with van der Waals surface area (Å²) in [6, 6.07) is 26.4. The molecule has 1 N–H and O–H groups in total. The average molecular weight is 455 g/mol. The Labute approximate surface area is 197 Å². The fourth-order valence-corrected chi connectivity index (χ4v) is 5.03. The van der Waals surface area contributed by atoms with Crippen molar-refractivity contribution in [2.24, 2.45) is 0 Å². The largest absolute Gasteiger partial charge is 0.454 e. The third-order valence-corrected chi connectivity index (χ3v) is 6.47. The van der Waals surface area contributed by atoms with Crippen LogP contribution in [0.2, 0.25) is 0 Å². The third kappa shape index (κ3) is 3.32. The number of benzene rings is 2. The summed E-state index contributed by atoms with van der Waals surface area (Å²) in [5.74, 6) is 1.48. The molecule has 2 aromatic carbocycles. The van der Waals surface area contributed by atoms with Gasteiger partial charge in [0, 0.05) is 35.0 Å². The number of fused-ring (bicyclic) bond motifs is 1. The lowest BCUT2D eigenvalue weighted by atomic mass is 10.0. The molecule has 0 saturated carbocycles. The minimum Gasteiger partial charge on any atom is -0.454 e. The number of hydrogen-bond donors (Lipinski definition) is 1. The van der Waals surface area contributed by atoms with E-state index in [1.165, 1.54) is 0 Å². The number of pyridine rings is 1. The highest BCUT2D eigenvalue weighted by molar-refractivity contribution is 7.80. The Morgan fingerprint density at radius 2 is 1.73 bits per heavy atom. The van der Waals surface area contributed by atoms with Gasteiger partial charge in [-0.2, -0.15) is 0 Å². The highest BCUT2D eigenvalue weighted by Gasteiger charge is 2.42. The second-order valence-corrected chi connectivity index (χ2v) is 8.49. The van der Waals surface area contributed by atoms with E-state index in [2.05, 4.69) is 63.1 Å². The summed E-state index contributed by atoms with van der Waals surface area (Å²) in [4.78, 5) is 6.82. The lowest BCUT2D eigenvalue weighted by Crippen LogP contribution is -2.30. The molecule has 0 radical (unpaired) electrons. The van der Waals surface area contributed by atoms with Gasteiger partial charge >= 0.3 is 0 Å². The van der Waals surface area contributed by atoms with E-state index in [1.807, 2.05) is 48.7 Å². The molecule has 0 spiro atoms. The first-order valence-corrected chi connectivity index (χ1v) is 11.3. The number of aromatic nitrogens is 2. The molecule has 4 aromatic rings. The molecule has 33 heavy (non-hydrogen) atoms. The lowest BCUT2D eigenvalue weighted by molar-refractivity contribution is 0.174. The first-order valence-electron chi connectivity index (χ1n) is 10.8. The number of rotatable bonds is 4. The van der Waals surface area contributed by atoms with E-state index in [0.717, 1.165) is 40.0 Å². The van der Waals surface area contributed by atoms with Gasteiger partial charge in [0.25, 0.3) is 0 Å². The predicted octanol–water partition coefficient (Wildman–Crippen LogP) is 5.09. The van der Waals surface area contributed by atoms with Gasteiger partial charge in [0.15, 0.2) is 16.6 Å². The molecule has 164 valence electrons. The smallest absolute Gasteiger partial charge is 0.231 e. The molecule has 0 aliphatic carbocycles. The zero-order valence-corrected chi connectivity index (χ0v) is 18.8. The molecule has 6 rings (SSSR count). The van der Waals surface area contributed by atoms with Gasteiger partial charge < -0.3 is 24.3 Å². The number of thiocarbonyl (C=S) groups is 1. The predicted molar refractivity (Wildman–Crippen MR) is 131 cm³/mol. The van der Waals surface area contributed by atoms with Crippen LogP contribution >= 0.6 is 12.2 Å². The van der Waals surface area contributed by atoms with E-state index in [4.69, 9.17) is 21.7 Å². The van der Waals surface area contributed by atoms with Gasteiger partial charge in [-0.05, 0) is 67.7 Å². The van der Waals surface area contributed by atoms with Crippen LogP contribution < -0.4 is 19.7 Å². The van der Waals surface area contributed by atoms with Crippen LogP contribution in [0.25, 0.3) is 5.69 Å². The highest BCUT2D eigenvalue weighted by Crippen LogP contribution is 2.45. The van der Waals surface area contributed by atoms with Crippen LogP contribution in [0.4, 0.5) is 5.69 Å². The Kier molecular flexibility index (Phi) is 4.77. The monoisotopic (exact) mass is 454 g/mol. The van der Waals surface area contributed by atoms with Gasteiger partial charge in [0.2, 0.25) is 6.79 Å². The quantitative estimate of drug-likeness (QED) is 0.434. The van der Waals surface area contributed by atoms with Crippen molar-refractivity contribution in [3.8, 4) is 17.2 Å².